The van der Waals surface area contributed by atoms with Crippen LogP contribution in [0.2, 0.25) is 0 Å². The molecular weight excluding hydrogens is 997 g/mol. The summed E-state index contributed by atoms with van der Waals surface area (Å²) < 4.78 is 16.9. The average Bonchev–Trinajstić information content (AvgIpc) is 3.46. The van der Waals surface area contributed by atoms with E-state index in [1.165, 1.54) is 218 Å². The molecule has 0 saturated heterocycles. The van der Waals surface area contributed by atoms with Gasteiger partial charge in [0, 0.05) is 19.3 Å². The van der Waals surface area contributed by atoms with Gasteiger partial charge in [-0.1, -0.05) is 311 Å². The fourth-order valence-electron chi connectivity index (χ4n) is 9.87. The SMILES string of the molecule is CC/C=C\C/C=C\C/C=C\C/C=C\CCC(=O)OCC(COC(=O)CCCCCCCCCCCCCC/C=C\C/C=C\C/C=C\CCCCCCC)OC(=O)CCCCCCCCCCCCC/C=C\CCCCCCCCCC. The predicted octanol–water partition coefficient (Wildman–Crippen LogP) is 24.0. The number of ether oxygens (including phenoxy) is 3. The normalized spacial score (nSPS) is 12.7. The largest absolute Gasteiger partial charge is 0.462 e. The molecule has 0 spiro atoms. The van der Waals surface area contributed by atoms with Crippen molar-refractivity contribution in [2.24, 2.45) is 0 Å². The third-order valence-corrected chi connectivity index (χ3v) is 15.1. The van der Waals surface area contributed by atoms with E-state index in [0.29, 0.717) is 19.3 Å². The van der Waals surface area contributed by atoms with Crippen molar-refractivity contribution in [1.29, 1.82) is 0 Å². The smallest absolute Gasteiger partial charge is 0.306 e. The summed E-state index contributed by atoms with van der Waals surface area (Å²) in [6, 6.07) is 0. The third-order valence-electron chi connectivity index (χ3n) is 15.1. The van der Waals surface area contributed by atoms with Crippen LogP contribution in [0, 0.1) is 0 Å². The van der Waals surface area contributed by atoms with Crippen molar-refractivity contribution in [2.75, 3.05) is 13.2 Å². The van der Waals surface area contributed by atoms with Gasteiger partial charge in [0.2, 0.25) is 0 Å². The lowest BCUT2D eigenvalue weighted by Crippen LogP contribution is -2.30. The molecule has 0 rings (SSSR count). The standard InChI is InChI=1S/C75H130O6/c1-4-7-10-13-16-19-22-25-27-29-31-33-35-36-37-38-40-41-43-45-47-50-53-56-59-62-65-68-74(77)80-71-72(70-79-73(76)67-64-61-58-55-52-49-24-21-18-15-12-9-6-3)81-75(78)69-66-63-60-57-54-51-48-46-44-42-39-34-32-30-28-26-23-20-17-14-11-8-5-2/h9,12,18,21-22,25,29-32,35-36,49,52,58,61,72H,4-8,10-11,13-17,19-20,23-24,26-28,33-34,37-48,50-51,53-57,59-60,62-71H2,1-3H3/b12-9-,21-18-,25-22-,31-29-,32-30-,36-35-,52-49-,61-58-. The molecule has 81 heavy (non-hydrogen) atoms. The Hall–Kier alpha value is -3.67. The van der Waals surface area contributed by atoms with Crippen LogP contribution in [-0.4, -0.2) is 37.2 Å². The first-order valence-corrected chi connectivity index (χ1v) is 34.7. The molecule has 0 fully saturated rings. The minimum absolute atomic E-state index is 0.0993. The van der Waals surface area contributed by atoms with Gasteiger partial charge in [-0.25, -0.2) is 0 Å². The molecule has 0 aromatic heterocycles. The van der Waals surface area contributed by atoms with Crippen LogP contribution in [-0.2, 0) is 28.6 Å². The number of unbranched alkanes of at least 4 members (excludes halogenated alkanes) is 36. The highest BCUT2D eigenvalue weighted by atomic mass is 16.6. The molecule has 0 saturated carbocycles. The zero-order valence-electron chi connectivity index (χ0n) is 53.5. The van der Waals surface area contributed by atoms with Gasteiger partial charge >= 0.3 is 17.9 Å². The fraction of sp³-hybridized carbons (Fsp3) is 0.747. The number of rotatable bonds is 63. The van der Waals surface area contributed by atoms with Gasteiger partial charge in [-0.15, -0.1) is 0 Å². The van der Waals surface area contributed by atoms with Gasteiger partial charge in [0.15, 0.2) is 6.10 Å². The minimum Gasteiger partial charge on any atom is -0.462 e. The van der Waals surface area contributed by atoms with Gasteiger partial charge in [-0.3, -0.25) is 14.4 Å². The number of carbonyl (C=O) groups is 3. The van der Waals surface area contributed by atoms with Gasteiger partial charge in [-0.2, -0.15) is 0 Å². The van der Waals surface area contributed by atoms with Crippen LogP contribution in [0.1, 0.15) is 342 Å². The highest BCUT2D eigenvalue weighted by molar-refractivity contribution is 5.71. The zero-order chi connectivity index (χ0) is 58.5. The van der Waals surface area contributed by atoms with Crippen LogP contribution in [0.4, 0.5) is 0 Å². The average molecular weight is 1130 g/mol. The monoisotopic (exact) mass is 1130 g/mol. The zero-order valence-corrected chi connectivity index (χ0v) is 53.5. The molecule has 0 aromatic rings. The maximum Gasteiger partial charge on any atom is 0.306 e. The van der Waals surface area contributed by atoms with Crippen molar-refractivity contribution in [2.45, 2.75) is 348 Å². The van der Waals surface area contributed by atoms with Crippen molar-refractivity contribution in [1.82, 2.24) is 0 Å². The maximum absolute atomic E-state index is 12.9. The van der Waals surface area contributed by atoms with Crippen LogP contribution in [0.5, 0.6) is 0 Å². The predicted molar refractivity (Wildman–Crippen MR) is 353 cm³/mol. The lowest BCUT2D eigenvalue weighted by Gasteiger charge is -2.18. The summed E-state index contributed by atoms with van der Waals surface area (Å²) in [4.78, 5) is 38.3. The van der Waals surface area contributed by atoms with E-state index in [0.717, 1.165) is 77.0 Å². The van der Waals surface area contributed by atoms with E-state index in [-0.39, 0.29) is 37.5 Å². The van der Waals surface area contributed by atoms with E-state index in [1.54, 1.807) is 0 Å². The molecule has 0 amide bonds. The van der Waals surface area contributed by atoms with Crippen LogP contribution in [0.3, 0.4) is 0 Å². The molecule has 0 aliphatic carbocycles. The number of hydrogen-bond acceptors (Lipinski definition) is 6. The molecular formula is C75H130O6. The number of esters is 3. The van der Waals surface area contributed by atoms with E-state index in [9.17, 15) is 14.4 Å². The Morgan fingerprint density at radius 1 is 0.259 bits per heavy atom. The molecule has 0 aromatic carbocycles. The first-order chi connectivity index (χ1) is 40.0. The van der Waals surface area contributed by atoms with Crippen LogP contribution in [0.15, 0.2) is 97.2 Å². The summed E-state index contributed by atoms with van der Waals surface area (Å²) in [5.41, 5.74) is 0. The quantitative estimate of drug-likeness (QED) is 0.0261. The number of hydrogen-bond donors (Lipinski definition) is 0. The first-order valence-electron chi connectivity index (χ1n) is 34.7. The fourth-order valence-corrected chi connectivity index (χ4v) is 9.87. The lowest BCUT2D eigenvalue weighted by atomic mass is 10.0. The molecule has 0 bridgehead atoms. The number of allylic oxidation sites excluding steroid dienone is 16. The Bertz CT molecular complexity index is 1580. The Morgan fingerprint density at radius 2 is 0.506 bits per heavy atom. The topological polar surface area (TPSA) is 78.9 Å². The summed E-state index contributed by atoms with van der Waals surface area (Å²) in [6.07, 6.45) is 93.1. The highest BCUT2D eigenvalue weighted by Gasteiger charge is 2.19. The van der Waals surface area contributed by atoms with Crippen LogP contribution >= 0.6 is 0 Å². The van der Waals surface area contributed by atoms with Crippen molar-refractivity contribution in [3.05, 3.63) is 97.2 Å². The lowest BCUT2D eigenvalue weighted by molar-refractivity contribution is -0.166. The molecule has 0 radical (unpaired) electrons. The molecule has 1 atom stereocenters. The Balaban J connectivity index is 4.31. The molecule has 0 aliphatic heterocycles. The van der Waals surface area contributed by atoms with Gasteiger partial charge in [0.25, 0.3) is 0 Å². The van der Waals surface area contributed by atoms with Crippen molar-refractivity contribution >= 4 is 17.9 Å². The highest BCUT2D eigenvalue weighted by Crippen LogP contribution is 2.17. The number of carbonyl (C=O) groups excluding carboxylic acids is 3. The van der Waals surface area contributed by atoms with Crippen LogP contribution in [0.25, 0.3) is 0 Å². The first kappa shape index (κ1) is 77.3. The Morgan fingerprint density at radius 3 is 0.840 bits per heavy atom. The van der Waals surface area contributed by atoms with Gasteiger partial charge < -0.3 is 14.2 Å². The van der Waals surface area contributed by atoms with Crippen molar-refractivity contribution < 1.29 is 28.6 Å². The Kier molecular flexibility index (Phi) is 65.7. The molecule has 466 valence electrons. The molecule has 1 unspecified atom stereocenters. The summed E-state index contributed by atoms with van der Waals surface area (Å²) in [5.74, 6) is -0.974. The summed E-state index contributed by atoms with van der Waals surface area (Å²) in [7, 11) is 0. The maximum atomic E-state index is 12.9. The van der Waals surface area contributed by atoms with Crippen molar-refractivity contribution in [3.63, 3.8) is 0 Å². The van der Waals surface area contributed by atoms with Crippen molar-refractivity contribution in [3.8, 4) is 0 Å². The van der Waals surface area contributed by atoms with Gasteiger partial charge in [-0.05, 0) is 109 Å². The van der Waals surface area contributed by atoms with E-state index < -0.39 is 6.10 Å². The molecule has 6 nitrogen and oxygen atoms in total. The summed E-state index contributed by atoms with van der Waals surface area (Å²) in [5, 5.41) is 0. The van der Waals surface area contributed by atoms with E-state index in [4.69, 9.17) is 14.2 Å². The second-order valence-electron chi connectivity index (χ2n) is 23.1. The van der Waals surface area contributed by atoms with Crippen LogP contribution < -0.4 is 0 Å². The second-order valence-corrected chi connectivity index (χ2v) is 23.1. The molecule has 6 heteroatoms. The Labute approximate surface area is 502 Å². The molecule has 0 heterocycles. The summed E-state index contributed by atoms with van der Waals surface area (Å²) >= 11 is 0. The van der Waals surface area contributed by atoms with E-state index in [2.05, 4.69) is 112 Å². The third kappa shape index (κ3) is 67.0. The summed E-state index contributed by atoms with van der Waals surface area (Å²) in [6.45, 7) is 6.48. The molecule has 0 N–H and O–H groups in total. The second kappa shape index (κ2) is 68.8. The van der Waals surface area contributed by atoms with E-state index >= 15 is 0 Å². The van der Waals surface area contributed by atoms with E-state index in [1.807, 2.05) is 6.08 Å². The van der Waals surface area contributed by atoms with Gasteiger partial charge in [0.05, 0.1) is 0 Å². The van der Waals surface area contributed by atoms with Gasteiger partial charge in [0.1, 0.15) is 13.2 Å². The minimum atomic E-state index is -0.809. The molecule has 0 aliphatic rings.